The molecule has 0 spiro atoms. The Bertz CT molecular complexity index is 585. The molecule has 3 heterocycles. The third kappa shape index (κ3) is 2.37. The van der Waals surface area contributed by atoms with E-state index in [1.165, 1.54) is 0 Å². The average molecular weight is 288 g/mol. The Labute approximate surface area is 123 Å². The second-order valence-corrected chi connectivity index (χ2v) is 6.14. The molecule has 6 heteroatoms. The molecule has 0 aromatic carbocycles. The van der Waals surface area contributed by atoms with Crippen LogP contribution in [0, 0.1) is 0 Å². The van der Waals surface area contributed by atoms with E-state index < -0.39 is 0 Å². The fourth-order valence-electron chi connectivity index (χ4n) is 3.09. The molecule has 1 unspecified atom stereocenters. The summed E-state index contributed by atoms with van der Waals surface area (Å²) >= 11 is 0. The zero-order valence-corrected chi connectivity index (χ0v) is 12.3. The van der Waals surface area contributed by atoms with Crippen LogP contribution in [0.15, 0.2) is 0 Å². The lowest BCUT2D eigenvalue weighted by Gasteiger charge is -2.34. The molecule has 4 rings (SSSR count). The van der Waals surface area contributed by atoms with Gasteiger partial charge in [0.1, 0.15) is 17.3 Å². The van der Waals surface area contributed by atoms with Crippen molar-refractivity contribution in [1.82, 2.24) is 15.3 Å². The minimum Gasteiger partial charge on any atom is -0.375 e. The van der Waals surface area contributed by atoms with E-state index in [9.17, 15) is 4.79 Å². The highest BCUT2D eigenvalue weighted by atomic mass is 16.5. The molecule has 3 aliphatic rings. The maximum atomic E-state index is 12.1. The van der Waals surface area contributed by atoms with E-state index in [4.69, 9.17) is 9.72 Å². The number of carbonyl (C=O) groups is 1. The molecule has 0 radical (unpaired) electrons. The van der Waals surface area contributed by atoms with E-state index in [0.29, 0.717) is 24.8 Å². The predicted octanol–water partition coefficient (Wildman–Crippen LogP) is 0.865. The molecular weight excluding hydrogens is 268 g/mol. The fraction of sp³-hybridized carbons (Fsp3) is 0.667. The first-order valence-corrected chi connectivity index (χ1v) is 7.78. The number of hydrogen-bond acceptors (Lipinski definition) is 5. The second kappa shape index (κ2) is 4.94. The molecule has 1 aromatic rings. The van der Waals surface area contributed by atoms with Crippen molar-refractivity contribution in [2.75, 3.05) is 31.1 Å². The maximum Gasteiger partial charge on any atom is 0.270 e. The number of carbonyl (C=O) groups excluding carboxylic acids is 1. The smallest absolute Gasteiger partial charge is 0.270 e. The van der Waals surface area contributed by atoms with Crippen LogP contribution in [0.5, 0.6) is 0 Å². The Hall–Kier alpha value is -1.69. The molecule has 1 N–H and O–H groups in total. The van der Waals surface area contributed by atoms with Gasteiger partial charge < -0.3 is 15.0 Å². The number of hydrogen-bond donors (Lipinski definition) is 1. The van der Waals surface area contributed by atoms with Gasteiger partial charge in [-0.1, -0.05) is 0 Å². The van der Waals surface area contributed by atoms with Crippen molar-refractivity contribution in [1.29, 1.82) is 0 Å². The first-order valence-electron chi connectivity index (χ1n) is 7.78. The molecular formula is C15H20N4O2. The summed E-state index contributed by atoms with van der Waals surface area (Å²) in [6, 6.07) is 0. The zero-order valence-electron chi connectivity index (χ0n) is 12.3. The molecule has 2 fully saturated rings. The fourth-order valence-corrected chi connectivity index (χ4v) is 3.09. The number of morpholine rings is 1. The van der Waals surface area contributed by atoms with Crippen molar-refractivity contribution in [3.05, 3.63) is 17.1 Å². The number of anilines is 1. The Morgan fingerprint density at radius 3 is 2.95 bits per heavy atom. The minimum absolute atomic E-state index is 0.0527. The first-order chi connectivity index (χ1) is 10.2. The molecule has 1 saturated heterocycles. The molecule has 1 atom stereocenters. The Morgan fingerprint density at radius 2 is 2.19 bits per heavy atom. The number of ether oxygens (including phenoxy) is 1. The maximum absolute atomic E-state index is 12.1. The van der Waals surface area contributed by atoms with Crippen LogP contribution in [0.3, 0.4) is 0 Å². The number of nitrogens with one attached hydrogen (secondary N) is 1. The zero-order chi connectivity index (χ0) is 14.4. The van der Waals surface area contributed by atoms with Gasteiger partial charge in [0, 0.05) is 31.1 Å². The van der Waals surface area contributed by atoms with Crippen LogP contribution in [-0.4, -0.2) is 48.2 Å². The molecule has 112 valence electrons. The summed E-state index contributed by atoms with van der Waals surface area (Å²) in [5.41, 5.74) is 1.60. The SMILES string of the molecule is CC1CN(c2nc(C3CC3)nc3c2CCNC3=O)CCO1. The van der Waals surface area contributed by atoms with E-state index in [1.54, 1.807) is 0 Å². The van der Waals surface area contributed by atoms with Crippen LogP contribution in [0.1, 0.15) is 47.6 Å². The van der Waals surface area contributed by atoms with Crippen LogP contribution >= 0.6 is 0 Å². The van der Waals surface area contributed by atoms with Gasteiger partial charge in [-0.05, 0) is 26.2 Å². The van der Waals surface area contributed by atoms with Gasteiger partial charge in [-0.3, -0.25) is 4.79 Å². The third-order valence-electron chi connectivity index (χ3n) is 4.36. The lowest BCUT2D eigenvalue weighted by atomic mass is 10.0. The minimum atomic E-state index is -0.0527. The number of aromatic nitrogens is 2. The highest BCUT2D eigenvalue weighted by Gasteiger charge is 2.33. The standard InChI is InChI=1S/C15H20N4O2/c1-9-8-19(6-7-21-9)14-11-4-5-16-15(20)12(11)17-13(18-14)10-2-3-10/h9-10H,2-8H2,1H3,(H,16,20). The highest BCUT2D eigenvalue weighted by molar-refractivity contribution is 5.96. The van der Waals surface area contributed by atoms with Gasteiger partial charge in [0.25, 0.3) is 5.91 Å². The Balaban J connectivity index is 1.78. The first kappa shape index (κ1) is 13.0. The lowest BCUT2D eigenvalue weighted by Crippen LogP contribution is -2.43. The predicted molar refractivity (Wildman–Crippen MR) is 77.7 cm³/mol. The molecule has 2 aliphatic heterocycles. The normalized spacial score (nSPS) is 25.5. The molecule has 1 aromatic heterocycles. The van der Waals surface area contributed by atoms with Gasteiger partial charge in [-0.15, -0.1) is 0 Å². The van der Waals surface area contributed by atoms with Crippen LogP contribution in [0.25, 0.3) is 0 Å². The van der Waals surface area contributed by atoms with Gasteiger partial charge in [0.2, 0.25) is 0 Å². The van der Waals surface area contributed by atoms with E-state index in [0.717, 1.165) is 49.6 Å². The lowest BCUT2D eigenvalue weighted by molar-refractivity contribution is 0.0528. The summed E-state index contributed by atoms with van der Waals surface area (Å²) in [5.74, 6) is 2.21. The molecule has 1 aliphatic carbocycles. The van der Waals surface area contributed by atoms with E-state index >= 15 is 0 Å². The highest BCUT2D eigenvalue weighted by Crippen LogP contribution is 2.39. The van der Waals surface area contributed by atoms with E-state index in [2.05, 4.69) is 22.1 Å². The Morgan fingerprint density at radius 1 is 1.33 bits per heavy atom. The summed E-state index contributed by atoms with van der Waals surface area (Å²) in [6.07, 6.45) is 3.29. The van der Waals surface area contributed by atoms with E-state index in [-0.39, 0.29) is 12.0 Å². The summed E-state index contributed by atoms with van der Waals surface area (Å²) in [6.45, 7) is 5.12. The van der Waals surface area contributed by atoms with Crippen molar-refractivity contribution >= 4 is 11.7 Å². The number of rotatable bonds is 2. The monoisotopic (exact) mass is 288 g/mol. The summed E-state index contributed by atoms with van der Waals surface area (Å²) < 4.78 is 5.62. The van der Waals surface area contributed by atoms with Crippen molar-refractivity contribution in [2.24, 2.45) is 0 Å². The van der Waals surface area contributed by atoms with Gasteiger partial charge in [0.05, 0.1) is 12.7 Å². The Kier molecular flexibility index (Phi) is 3.06. The van der Waals surface area contributed by atoms with Gasteiger partial charge >= 0.3 is 0 Å². The topological polar surface area (TPSA) is 67.4 Å². The van der Waals surface area contributed by atoms with Crippen LogP contribution < -0.4 is 10.2 Å². The van der Waals surface area contributed by atoms with E-state index in [1.807, 2.05) is 0 Å². The second-order valence-electron chi connectivity index (χ2n) is 6.14. The molecule has 0 bridgehead atoms. The van der Waals surface area contributed by atoms with Crippen LogP contribution in [0.4, 0.5) is 5.82 Å². The number of fused-ring (bicyclic) bond motifs is 1. The van der Waals surface area contributed by atoms with Crippen molar-refractivity contribution in [3.8, 4) is 0 Å². The van der Waals surface area contributed by atoms with Gasteiger partial charge in [-0.25, -0.2) is 9.97 Å². The quantitative estimate of drug-likeness (QED) is 0.874. The third-order valence-corrected chi connectivity index (χ3v) is 4.36. The van der Waals surface area contributed by atoms with Crippen molar-refractivity contribution in [2.45, 2.75) is 38.2 Å². The summed E-state index contributed by atoms with van der Waals surface area (Å²) in [7, 11) is 0. The molecule has 21 heavy (non-hydrogen) atoms. The van der Waals surface area contributed by atoms with Gasteiger partial charge in [0.15, 0.2) is 0 Å². The molecule has 1 saturated carbocycles. The molecule has 6 nitrogen and oxygen atoms in total. The van der Waals surface area contributed by atoms with Gasteiger partial charge in [-0.2, -0.15) is 0 Å². The number of nitrogens with zero attached hydrogens (tertiary/aromatic N) is 3. The van der Waals surface area contributed by atoms with Crippen molar-refractivity contribution in [3.63, 3.8) is 0 Å². The van der Waals surface area contributed by atoms with Crippen LogP contribution in [0.2, 0.25) is 0 Å². The molecule has 1 amide bonds. The largest absolute Gasteiger partial charge is 0.375 e. The summed E-state index contributed by atoms with van der Waals surface area (Å²) in [5, 5.41) is 2.89. The summed E-state index contributed by atoms with van der Waals surface area (Å²) in [4.78, 5) is 23.8. The van der Waals surface area contributed by atoms with Crippen molar-refractivity contribution < 1.29 is 9.53 Å². The number of amides is 1. The average Bonchev–Trinajstić information content (AvgIpc) is 3.31. The van der Waals surface area contributed by atoms with Crippen LogP contribution in [-0.2, 0) is 11.2 Å².